The van der Waals surface area contributed by atoms with Gasteiger partial charge in [-0.1, -0.05) is 52.3 Å². The van der Waals surface area contributed by atoms with Gasteiger partial charge in [0, 0.05) is 30.8 Å². The lowest BCUT2D eigenvalue weighted by molar-refractivity contribution is -0.388. The van der Waals surface area contributed by atoms with Crippen LogP contribution >= 0.6 is 0 Å². The van der Waals surface area contributed by atoms with Crippen molar-refractivity contribution in [3.63, 3.8) is 0 Å². The van der Waals surface area contributed by atoms with Crippen molar-refractivity contribution in [2.75, 3.05) is 25.0 Å². The van der Waals surface area contributed by atoms with Crippen LogP contribution in [-0.2, 0) is 10.9 Å². The Bertz CT molecular complexity index is 1210. The molecule has 1 unspecified atom stereocenters. The predicted octanol–water partition coefficient (Wildman–Crippen LogP) is 10.5. The van der Waals surface area contributed by atoms with E-state index in [0.717, 1.165) is 75.9 Å². The van der Waals surface area contributed by atoms with Crippen molar-refractivity contribution in [2.24, 2.45) is 11.3 Å². The molecule has 9 heteroatoms. The molecule has 1 N–H and O–H groups in total. The van der Waals surface area contributed by atoms with Gasteiger partial charge in [-0.3, -0.25) is 10.1 Å². The lowest BCUT2D eigenvalue weighted by Gasteiger charge is -2.31. The molecule has 0 radical (unpaired) electrons. The van der Waals surface area contributed by atoms with Gasteiger partial charge in [0.05, 0.1) is 16.8 Å². The Morgan fingerprint density at radius 2 is 1.80 bits per heavy atom. The molecule has 2 aliphatic rings. The van der Waals surface area contributed by atoms with Crippen LogP contribution in [0.3, 0.4) is 0 Å². The molecule has 1 fully saturated rings. The number of nitro benzene ring substituents is 1. The smallest absolute Gasteiger partial charge is 0.423 e. The van der Waals surface area contributed by atoms with Gasteiger partial charge in [0.15, 0.2) is 0 Å². The fraction of sp³-hybridized carbons (Fsp3) is 0.667. The molecule has 45 heavy (non-hydrogen) atoms. The number of alkyl halides is 3. The Kier molecular flexibility index (Phi) is 13.6. The van der Waals surface area contributed by atoms with Crippen molar-refractivity contribution >= 4 is 11.4 Å². The molecule has 0 amide bonds. The predicted molar refractivity (Wildman–Crippen MR) is 177 cm³/mol. The van der Waals surface area contributed by atoms with Gasteiger partial charge in [0.25, 0.3) is 5.69 Å². The van der Waals surface area contributed by atoms with Crippen LogP contribution in [0.4, 0.5) is 24.5 Å². The van der Waals surface area contributed by atoms with Crippen molar-refractivity contribution in [3.8, 4) is 0 Å². The molecule has 0 aromatic heterocycles. The zero-order chi connectivity index (χ0) is 33.2. The fourth-order valence-electron chi connectivity index (χ4n) is 6.36. The second-order valence-corrected chi connectivity index (χ2v) is 14.3. The number of benzene rings is 1. The summed E-state index contributed by atoms with van der Waals surface area (Å²) in [4.78, 5) is 12.7. The van der Waals surface area contributed by atoms with E-state index >= 15 is 0 Å². The van der Waals surface area contributed by atoms with E-state index in [4.69, 9.17) is 4.74 Å². The van der Waals surface area contributed by atoms with Crippen LogP contribution in [0.5, 0.6) is 0 Å². The number of rotatable bonds is 14. The SMILES string of the molecule is CCCN(CCC(C)CCC1=C(/C)CC/C(O[C@H]2CC[C@H](Nc3ccc([N+](=O)[O-])c(C(F)(F)F)c3)CC2)=C/C=C\1)CC(C)(C)C. The molecule has 3 rings (SSSR count). The third-order valence-electron chi connectivity index (χ3n) is 8.82. The van der Waals surface area contributed by atoms with Crippen molar-refractivity contribution in [3.05, 3.63) is 69.0 Å². The molecule has 2 aliphatic carbocycles. The van der Waals surface area contributed by atoms with Gasteiger partial charge < -0.3 is 15.0 Å². The highest BCUT2D eigenvalue weighted by Crippen LogP contribution is 2.38. The molecule has 0 saturated heterocycles. The summed E-state index contributed by atoms with van der Waals surface area (Å²) in [5.41, 5.74) is 1.26. The minimum absolute atomic E-state index is 0.0121. The van der Waals surface area contributed by atoms with E-state index in [2.05, 4.69) is 70.0 Å². The van der Waals surface area contributed by atoms with Crippen LogP contribution in [0.2, 0.25) is 0 Å². The molecule has 0 bridgehead atoms. The van der Waals surface area contributed by atoms with Gasteiger partial charge in [-0.25, -0.2) is 0 Å². The molecule has 0 heterocycles. The maximum atomic E-state index is 13.4. The largest absolute Gasteiger partial charge is 0.495 e. The highest BCUT2D eigenvalue weighted by molar-refractivity contribution is 5.55. The third kappa shape index (κ3) is 12.5. The summed E-state index contributed by atoms with van der Waals surface area (Å²) in [6, 6.07) is 3.10. The first-order valence-corrected chi connectivity index (χ1v) is 16.7. The molecule has 1 saturated carbocycles. The van der Waals surface area contributed by atoms with E-state index in [-0.39, 0.29) is 17.8 Å². The number of allylic oxidation sites excluding steroid dienone is 6. The van der Waals surface area contributed by atoms with Crippen LogP contribution in [0.1, 0.15) is 111 Å². The van der Waals surface area contributed by atoms with Crippen LogP contribution in [0.25, 0.3) is 0 Å². The summed E-state index contributed by atoms with van der Waals surface area (Å²) in [6.07, 6.45) is 11.3. The average molecular weight is 634 g/mol. The van der Waals surface area contributed by atoms with E-state index < -0.39 is 22.4 Å². The van der Waals surface area contributed by atoms with Gasteiger partial charge >= 0.3 is 6.18 Å². The van der Waals surface area contributed by atoms with Gasteiger partial charge in [-0.05, 0) is 113 Å². The maximum Gasteiger partial charge on any atom is 0.423 e. The van der Waals surface area contributed by atoms with Gasteiger partial charge in [-0.2, -0.15) is 13.2 Å². The molecular formula is C36H54F3N3O3. The molecule has 0 aliphatic heterocycles. The standard InChI is InChI=1S/C36H54F3N3O3/c1-7-22-41(25-35(4,5)6)23-21-26(2)11-13-28-9-8-10-31(17-12-27(28)3)45-32-18-14-29(15-19-32)40-30-16-20-34(42(43)44)33(24-30)36(37,38)39/h8-10,16,20,24,26,29,32,40H,7,11-15,17-19,21-23,25H2,1-6H3/b9-8-,28-27-,31-10-/t26?,29-,32-. The van der Waals surface area contributed by atoms with Crippen LogP contribution in [0.15, 0.2) is 53.3 Å². The molecule has 1 aromatic rings. The maximum absolute atomic E-state index is 13.4. The zero-order valence-electron chi connectivity index (χ0n) is 28.1. The van der Waals surface area contributed by atoms with Crippen LogP contribution in [0, 0.1) is 21.4 Å². The van der Waals surface area contributed by atoms with Crippen molar-refractivity contribution in [1.29, 1.82) is 0 Å². The third-order valence-corrected chi connectivity index (χ3v) is 8.82. The van der Waals surface area contributed by atoms with E-state index in [1.165, 1.54) is 43.0 Å². The minimum atomic E-state index is -4.79. The molecule has 1 atom stereocenters. The Labute approximate surface area is 268 Å². The quantitative estimate of drug-likeness (QED) is 0.163. The second-order valence-electron chi connectivity index (χ2n) is 14.3. The van der Waals surface area contributed by atoms with E-state index in [0.29, 0.717) is 11.3 Å². The van der Waals surface area contributed by atoms with Gasteiger partial charge in [-0.15, -0.1) is 0 Å². The van der Waals surface area contributed by atoms with Crippen LogP contribution in [-0.4, -0.2) is 41.6 Å². The Morgan fingerprint density at radius 1 is 1.09 bits per heavy atom. The van der Waals surface area contributed by atoms with Crippen molar-refractivity contribution in [2.45, 2.75) is 124 Å². The van der Waals surface area contributed by atoms with Gasteiger partial charge in [0.2, 0.25) is 0 Å². The van der Waals surface area contributed by atoms with Gasteiger partial charge in [0.1, 0.15) is 5.56 Å². The Balaban J connectivity index is 1.45. The number of anilines is 1. The summed E-state index contributed by atoms with van der Waals surface area (Å²) < 4.78 is 46.5. The highest BCUT2D eigenvalue weighted by atomic mass is 19.4. The normalized spacial score (nSPS) is 23.9. The summed E-state index contributed by atoms with van der Waals surface area (Å²) in [6.45, 7) is 17.3. The molecule has 1 aromatic carbocycles. The monoisotopic (exact) mass is 633 g/mol. The number of hydrogen-bond acceptors (Lipinski definition) is 5. The summed E-state index contributed by atoms with van der Waals surface area (Å²) in [5.74, 6) is 1.66. The first-order chi connectivity index (χ1) is 21.1. The summed E-state index contributed by atoms with van der Waals surface area (Å²) >= 11 is 0. The van der Waals surface area contributed by atoms with Crippen LogP contribution < -0.4 is 5.32 Å². The van der Waals surface area contributed by atoms with Crippen molar-refractivity contribution in [1.82, 2.24) is 4.90 Å². The number of halogens is 3. The molecule has 0 spiro atoms. The molecule has 252 valence electrons. The first-order valence-electron chi connectivity index (χ1n) is 16.7. The topological polar surface area (TPSA) is 67.6 Å². The minimum Gasteiger partial charge on any atom is -0.495 e. The first kappa shape index (κ1) is 36.7. The molecule has 6 nitrogen and oxygen atoms in total. The number of hydrogen-bond donors (Lipinski definition) is 1. The summed E-state index contributed by atoms with van der Waals surface area (Å²) in [7, 11) is 0. The lowest BCUT2D eigenvalue weighted by Crippen LogP contribution is -2.34. The summed E-state index contributed by atoms with van der Waals surface area (Å²) in [5, 5.41) is 14.2. The Morgan fingerprint density at radius 3 is 2.42 bits per heavy atom. The average Bonchev–Trinajstić information content (AvgIpc) is 2.95. The number of nitrogens with zero attached hydrogens (tertiary/aromatic N) is 2. The number of nitrogens with one attached hydrogen (secondary N) is 1. The second kappa shape index (κ2) is 16.7. The number of nitro groups is 1. The van der Waals surface area contributed by atoms with Crippen molar-refractivity contribution < 1.29 is 22.8 Å². The zero-order valence-corrected chi connectivity index (χ0v) is 28.1. The highest BCUT2D eigenvalue weighted by Gasteiger charge is 2.38. The number of ether oxygens (including phenoxy) is 1. The van der Waals surface area contributed by atoms with E-state index in [9.17, 15) is 23.3 Å². The van der Waals surface area contributed by atoms with E-state index in [1.54, 1.807) is 0 Å². The Hall–Kier alpha value is -2.81. The van der Waals surface area contributed by atoms with E-state index in [1.807, 2.05) is 0 Å². The lowest BCUT2D eigenvalue weighted by atomic mass is 9.91. The molecular weight excluding hydrogens is 579 g/mol. The fourth-order valence-corrected chi connectivity index (χ4v) is 6.36.